The molecule has 1 heterocycles. The number of piperidine rings is 1. The minimum absolute atomic E-state index is 0.234. The van der Waals surface area contributed by atoms with E-state index in [2.05, 4.69) is 41.0 Å². The second-order valence-electron chi connectivity index (χ2n) is 7.51. The van der Waals surface area contributed by atoms with E-state index in [0.717, 1.165) is 25.3 Å². The third-order valence-corrected chi connectivity index (χ3v) is 7.30. The van der Waals surface area contributed by atoms with Crippen LogP contribution in [-0.2, 0) is 16.6 Å². The van der Waals surface area contributed by atoms with Crippen LogP contribution in [0.1, 0.15) is 38.7 Å². The second-order valence-corrected chi connectivity index (χ2v) is 9.60. The smallest absolute Gasteiger partial charge is 0.214 e. The minimum atomic E-state index is -3.10. The normalized spacial score (nSPS) is 16.8. The van der Waals surface area contributed by atoms with Gasteiger partial charge in [-0.15, -0.1) is 0 Å². The van der Waals surface area contributed by atoms with Gasteiger partial charge in [0.05, 0.1) is 12.3 Å². The second kappa shape index (κ2) is 10.1. The molecule has 1 aliphatic rings. The van der Waals surface area contributed by atoms with E-state index in [-0.39, 0.29) is 11.8 Å². The molecule has 6 nitrogen and oxygen atoms in total. The maximum Gasteiger partial charge on any atom is 0.214 e. The van der Waals surface area contributed by atoms with Crippen molar-refractivity contribution in [3.8, 4) is 0 Å². The number of fused-ring (bicyclic) bond motifs is 1. The van der Waals surface area contributed by atoms with Gasteiger partial charge in [-0.2, -0.15) is 0 Å². The zero-order valence-corrected chi connectivity index (χ0v) is 18.2. The Morgan fingerprint density at radius 2 is 1.83 bits per heavy atom. The van der Waals surface area contributed by atoms with Gasteiger partial charge < -0.3 is 10.6 Å². The van der Waals surface area contributed by atoms with Gasteiger partial charge in [0.25, 0.3) is 0 Å². The Kier molecular flexibility index (Phi) is 7.50. The molecule has 7 heteroatoms. The van der Waals surface area contributed by atoms with Gasteiger partial charge in [-0.1, -0.05) is 43.3 Å². The first kappa shape index (κ1) is 21.6. The molecule has 0 bridgehead atoms. The van der Waals surface area contributed by atoms with Crippen LogP contribution in [0.3, 0.4) is 0 Å². The SMILES string of the molecule is CCCS(=O)(=O)N1CCC(NC(=NCc2ccc3ccccc3c2)NCC)CC1. The molecule has 0 atom stereocenters. The molecule has 0 unspecified atom stereocenters. The summed E-state index contributed by atoms with van der Waals surface area (Å²) in [5.41, 5.74) is 1.17. The molecule has 158 valence electrons. The van der Waals surface area contributed by atoms with Crippen LogP contribution < -0.4 is 10.6 Å². The Bertz CT molecular complexity index is 935. The fraction of sp³-hybridized carbons (Fsp3) is 0.500. The van der Waals surface area contributed by atoms with E-state index < -0.39 is 10.0 Å². The number of hydrogen-bond acceptors (Lipinski definition) is 3. The van der Waals surface area contributed by atoms with Crippen molar-refractivity contribution in [2.45, 2.75) is 45.7 Å². The quantitative estimate of drug-likeness (QED) is 0.537. The van der Waals surface area contributed by atoms with E-state index in [1.54, 1.807) is 4.31 Å². The van der Waals surface area contributed by atoms with Gasteiger partial charge in [-0.25, -0.2) is 17.7 Å². The molecule has 2 N–H and O–H groups in total. The van der Waals surface area contributed by atoms with Crippen molar-refractivity contribution in [3.63, 3.8) is 0 Å². The van der Waals surface area contributed by atoms with Gasteiger partial charge in [0, 0.05) is 25.7 Å². The van der Waals surface area contributed by atoms with Crippen molar-refractivity contribution in [3.05, 3.63) is 48.0 Å². The number of hydrogen-bond donors (Lipinski definition) is 2. The van der Waals surface area contributed by atoms with E-state index in [1.807, 2.05) is 26.0 Å². The molecule has 3 rings (SSSR count). The molecule has 0 amide bonds. The summed E-state index contributed by atoms with van der Waals surface area (Å²) in [6, 6.07) is 15.0. The van der Waals surface area contributed by atoms with Gasteiger partial charge >= 0.3 is 0 Å². The first-order valence-corrected chi connectivity index (χ1v) is 12.1. The monoisotopic (exact) mass is 416 g/mol. The molecular weight excluding hydrogens is 384 g/mol. The van der Waals surface area contributed by atoms with Crippen molar-refractivity contribution in [1.82, 2.24) is 14.9 Å². The number of guanidine groups is 1. The van der Waals surface area contributed by atoms with Crippen LogP contribution in [0.25, 0.3) is 10.8 Å². The fourth-order valence-corrected chi connectivity index (χ4v) is 5.23. The minimum Gasteiger partial charge on any atom is -0.357 e. The Labute approximate surface area is 174 Å². The molecule has 29 heavy (non-hydrogen) atoms. The van der Waals surface area contributed by atoms with Crippen molar-refractivity contribution in [2.75, 3.05) is 25.4 Å². The van der Waals surface area contributed by atoms with E-state index in [9.17, 15) is 8.42 Å². The van der Waals surface area contributed by atoms with Crippen LogP contribution in [0.2, 0.25) is 0 Å². The summed E-state index contributed by atoms with van der Waals surface area (Å²) in [5, 5.41) is 9.24. The Balaban J connectivity index is 1.59. The van der Waals surface area contributed by atoms with Crippen molar-refractivity contribution < 1.29 is 8.42 Å². The topological polar surface area (TPSA) is 73.8 Å². The zero-order valence-electron chi connectivity index (χ0n) is 17.4. The zero-order chi connectivity index (χ0) is 20.7. The number of nitrogens with one attached hydrogen (secondary N) is 2. The first-order chi connectivity index (χ1) is 14.0. The van der Waals surface area contributed by atoms with Gasteiger partial charge in [-0.05, 0) is 48.6 Å². The number of sulfonamides is 1. The van der Waals surface area contributed by atoms with Crippen molar-refractivity contribution in [2.24, 2.45) is 4.99 Å². The lowest BCUT2D eigenvalue weighted by Gasteiger charge is -2.32. The van der Waals surface area contributed by atoms with Crippen LogP contribution in [0.15, 0.2) is 47.5 Å². The summed E-state index contributed by atoms with van der Waals surface area (Å²) >= 11 is 0. The Morgan fingerprint density at radius 1 is 1.10 bits per heavy atom. The number of aliphatic imine (C=N–C) groups is 1. The standard InChI is InChI=1S/C22H32N4O2S/c1-3-15-29(27,28)26-13-11-21(12-14-26)25-22(23-4-2)24-17-18-9-10-19-7-5-6-8-20(19)16-18/h5-10,16,21H,3-4,11-15,17H2,1-2H3,(H2,23,24,25). The largest absolute Gasteiger partial charge is 0.357 e. The molecule has 1 aliphatic heterocycles. The average molecular weight is 417 g/mol. The molecule has 0 aliphatic carbocycles. The molecule has 2 aromatic carbocycles. The van der Waals surface area contributed by atoms with Crippen LogP contribution in [0.4, 0.5) is 0 Å². The lowest BCUT2D eigenvalue weighted by Crippen LogP contribution is -2.50. The maximum absolute atomic E-state index is 12.2. The molecule has 0 aromatic heterocycles. The molecule has 1 saturated heterocycles. The Hall–Kier alpha value is -2.12. The molecule has 1 fully saturated rings. The number of nitrogens with zero attached hydrogens (tertiary/aromatic N) is 2. The summed E-state index contributed by atoms with van der Waals surface area (Å²) in [6.45, 7) is 6.49. The summed E-state index contributed by atoms with van der Waals surface area (Å²) in [7, 11) is -3.10. The van der Waals surface area contributed by atoms with Crippen LogP contribution in [0, 0.1) is 0 Å². The van der Waals surface area contributed by atoms with Gasteiger partial charge in [0.2, 0.25) is 10.0 Å². The highest BCUT2D eigenvalue weighted by molar-refractivity contribution is 7.89. The summed E-state index contributed by atoms with van der Waals surface area (Å²) in [6.07, 6.45) is 2.25. The van der Waals surface area contributed by atoms with Gasteiger partial charge in [-0.3, -0.25) is 0 Å². The Morgan fingerprint density at radius 3 is 2.52 bits per heavy atom. The summed E-state index contributed by atoms with van der Waals surface area (Å²) < 4.78 is 26.1. The molecule has 0 saturated carbocycles. The van der Waals surface area contributed by atoms with Crippen molar-refractivity contribution >= 4 is 26.8 Å². The highest BCUT2D eigenvalue weighted by Gasteiger charge is 2.27. The van der Waals surface area contributed by atoms with Crippen LogP contribution >= 0.6 is 0 Å². The predicted octanol–water partition coefficient (Wildman–Crippen LogP) is 3.10. The van der Waals surface area contributed by atoms with Crippen molar-refractivity contribution in [1.29, 1.82) is 0 Å². The maximum atomic E-state index is 12.2. The van der Waals surface area contributed by atoms with E-state index in [1.165, 1.54) is 16.3 Å². The van der Waals surface area contributed by atoms with Crippen LogP contribution in [0.5, 0.6) is 0 Å². The third-order valence-electron chi connectivity index (χ3n) is 5.23. The highest BCUT2D eigenvalue weighted by Crippen LogP contribution is 2.17. The predicted molar refractivity (Wildman–Crippen MR) is 121 cm³/mol. The lowest BCUT2D eigenvalue weighted by atomic mass is 10.1. The molecule has 0 radical (unpaired) electrons. The lowest BCUT2D eigenvalue weighted by molar-refractivity contribution is 0.306. The van der Waals surface area contributed by atoms with E-state index in [0.29, 0.717) is 26.1 Å². The number of rotatable bonds is 7. The van der Waals surface area contributed by atoms with Gasteiger partial charge in [0.15, 0.2) is 5.96 Å². The first-order valence-electron chi connectivity index (χ1n) is 10.5. The van der Waals surface area contributed by atoms with E-state index >= 15 is 0 Å². The summed E-state index contributed by atoms with van der Waals surface area (Å²) in [5.74, 6) is 1.02. The molecule has 2 aromatic rings. The molecule has 0 spiro atoms. The van der Waals surface area contributed by atoms with Crippen LogP contribution in [-0.4, -0.2) is 50.1 Å². The molecular formula is C22H32N4O2S. The third kappa shape index (κ3) is 5.93. The highest BCUT2D eigenvalue weighted by atomic mass is 32.2. The van der Waals surface area contributed by atoms with Gasteiger partial charge in [0.1, 0.15) is 0 Å². The summed E-state index contributed by atoms with van der Waals surface area (Å²) in [4.78, 5) is 4.74. The average Bonchev–Trinajstić information content (AvgIpc) is 2.72. The van der Waals surface area contributed by atoms with E-state index in [4.69, 9.17) is 4.99 Å². The fourth-order valence-electron chi connectivity index (χ4n) is 3.69. The number of benzene rings is 2.